The molecule has 0 spiro atoms. The summed E-state index contributed by atoms with van der Waals surface area (Å²) in [4.78, 5) is 6.53. The van der Waals surface area contributed by atoms with Crippen molar-refractivity contribution in [1.29, 1.82) is 0 Å². The fraction of sp³-hybridized carbons (Fsp3) is 0.545. The first-order valence-corrected chi connectivity index (χ1v) is 6.12. The predicted molar refractivity (Wildman–Crippen MR) is 71.7 cm³/mol. The van der Waals surface area contributed by atoms with Gasteiger partial charge in [-0.25, -0.2) is 4.98 Å². The Kier molecular flexibility index (Phi) is 5.69. The zero-order chi connectivity index (χ0) is 10.7. The second-order valence-corrected chi connectivity index (χ2v) is 4.94. The lowest BCUT2D eigenvalue weighted by Gasteiger charge is -2.30. The average molecular weight is 307 g/mol. The van der Waals surface area contributed by atoms with Crippen LogP contribution in [0.3, 0.4) is 0 Å². The molecule has 1 unspecified atom stereocenters. The number of halogens is 2. The monoisotopic (exact) mass is 305 g/mol. The zero-order valence-corrected chi connectivity index (χ0v) is 11.5. The first-order chi connectivity index (χ1) is 7.24. The highest BCUT2D eigenvalue weighted by molar-refractivity contribution is 9.10. The van der Waals surface area contributed by atoms with Crippen molar-refractivity contribution in [3.05, 3.63) is 28.5 Å². The van der Waals surface area contributed by atoms with E-state index in [0.29, 0.717) is 6.04 Å². The minimum atomic E-state index is 0. The minimum Gasteiger partial charge on any atom is -0.327 e. The van der Waals surface area contributed by atoms with Crippen LogP contribution in [0, 0.1) is 0 Å². The van der Waals surface area contributed by atoms with Crippen molar-refractivity contribution in [2.45, 2.75) is 25.4 Å². The molecular formula is C11H17BrClN3. The number of rotatable bonds is 2. The normalized spacial score (nSPS) is 21.5. The molecule has 1 aliphatic heterocycles. The molecule has 16 heavy (non-hydrogen) atoms. The minimum absolute atomic E-state index is 0. The summed E-state index contributed by atoms with van der Waals surface area (Å²) in [6.45, 7) is 3.16. The highest BCUT2D eigenvalue weighted by Gasteiger charge is 2.16. The standard InChI is InChI=1S/C11H16BrN3.ClH/c12-11-6-9(3-4-14-11)7-15-5-1-2-10(13)8-15;/h3-4,6,10H,1-2,5,7-8,13H2;1H. The zero-order valence-electron chi connectivity index (χ0n) is 9.10. The van der Waals surface area contributed by atoms with E-state index in [-0.39, 0.29) is 12.4 Å². The van der Waals surface area contributed by atoms with Gasteiger partial charge in [0.2, 0.25) is 0 Å². The van der Waals surface area contributed by atoms with Gasteiger partial charge in [-0.15, -0.1) is 12.4 Å². The molecule has 0 aromatic carbocycles. The van der Waals surface area contributed by atoms with Crippen LogP contribution >= 0.6 is 28.3 Å². The summed E-state index contributed by atoms with van der Waals surface area (Å²) in [5.74, 6) is 0. The lowest BCUT2D eigenvalue weighted by Crippen LogP contribution is -2.42. The summed E-state index contributed by atoms with van der Waals surface area (Å²) in [5, 5.41) is 0. The Bertz CT molecular complexity index is 335. The summed E-state index contributed by atoms with van der Waals surface area (Å²) < 4.78 is 0.904. The molecule has 0 aliphatic carbocycles. The first-order valence-electron chi connectivity index (χ1n) is 5.32. The lowest BCUT2D eigenvalue weighted by molar-refractivity contribution is 0.201. The third kappa shape index (κ3) is 4.01. The van der Waals surface area contributed by atoms with Crippen LogP contribution in [0.15, 0.2) is 22.9 Å². The molecule has 1 aromatic heterocycles. The SMILES string of the molecule is Cl.NC1CCCN(Cc2ccnc(Br)c2)C1. The van der Waals surface area contributed by atoms with Gasteiger partial charge in [0, 0.05) is 25.3 Å². The van der Waals surface area contributed by atoms with E-state index in [1.165, 1.54) is 12.0 Å². The third-order valence-electron chi connectivity index (χ3n) is 2.74. The maximum absolute atomic E-state index is 5.95. The molecular weight excluding hydrogens is 289 g/mol. The summed E-state index contributed by atoms with van der Waals surface area (Å²) in [6.07, 6.45) is 4.22. The number of piperidine rings is 1. The van der Waals surface area contributed by atoms with Gasteiger partial charge < -0.3 is 5.73 Å². The van der Waals surface area contributed by atoms with Gasteiger partial charge in [-0.1, -0.05) is 0 Å². The summed E-state index contributed by atoms with van der Waals surface area (Å²) in [6, 6.07) is 4.48. The van der Waals surface area contributed by atoms with Crippen molar-refractivity contribution >= 4 is 28.3 Å². The van der Waals surface area contributed by atoms with Gasteiger partial charge in [0.15, 0.2) is 0 Å². The summed E-state index contributed by atoms with van der Waals surface area (Å²) in [5.41, 5.74) is 7.24. The Labute approximate surface area is 111 Å². The van der Waals surface area contributed by atoms with Crippen LogP contribution < -0.4 is 5.73 Å². The molecule has 2 rings (SSSR count). The molecule has 0 bridgehead atoms. The van der Waals surface area contributed by atoms with Gasteiger partial charge in [0.25, 0.3) is 0 Å². The van der Waals surface area contributed by atoms with E-state index in [1.54, 1.807) is 0 Å². The molecule has 0 radical (unpaired) electrons. The van der Waals surface area contributed by atoms with Crippen LogP contribution in [0.2, 0.25) is 0 Å². The number of aromatic nitrogens is 1. The molecule has 2 heterocycles. The van der Waals surface area contributed by atoms with Crippen molar-refractivity contribution in [1.82, 2.24) is 9.88 Å². The molecule has 0 saturated carbocycles. The fourth-order valence-electron chi connectivity index (χ4n) is 2.03. The van der Waals surface area contributed by atoms with E-state index in [0.717, 1.165) is 30.7 Å². The van der Waals surface area contributed by atoms with Crippen molar-refractivity contribution in [3.63, 3.8) is 0 Å². The smallest absolute Gasteiger partial charge is 0.106 e. The largest absolute Gasteiger partial charge is 0.327 e. The van der Waals surface area contributed by atoms with E-state index in [4.69, 9.17) is 5.73 Å². The molecule has 1 saturated heterocycles. The van der Waals surface area contributed by atoms with Crippen molar-refractivity contribution in [3.8, 4) is 0 Å². The quantitative estimate of drug-likeness (QED) is 0.852. The number of likely N-dealkylation sites (tertiary alicyclic amines) is 1. The van der Waals surface area contributed by atoms with Gasteiger partial charge in [0.1, 0.15) is 4.60 Å². The van der Waals surface area contributed by atoms with Gasteiger partial charge in [0.05, 0.1) is 0 Å². The van der Waals surface area contributed by atoms with Crippen LogP contribution in [0.4, 0.5) is 0 Å². The summed E-state index contributed by atoms with van der Waals surface area (Å²) in [7, 11) is 0. The predicted octanol–water partition coefficient (Wildman–Crippen LogP) is 2.19. The molecule has 1 fully saturated rings. The van der Waals surface area contributed by atoms with E-state index in [2.05, 4.69) is 37.9 Å². The number of pyridine rings is 1. The third-order valence-corrected chi connectivity index (χ3v) is 3.17. The van der Waals surface area contributed by atoms with Crippen LogP contribution in [-0.2, 0) is 6.54 Å². The van der Waals surface area contributed by atoms with Crippen molar-refractivity contribution in [2.75, 3.05) is 13.1 Å². The number of nitrogens with two attached hydrogens (primary N) is 1. The molecule has 2 N–H and O–H groups in total. The van der Waals surface area contributed by atoms with E-state index in [1.807, 2.05) is 6.20 Å². The van der Waals surface area contributed by atoms with E-state index in [9.17, 15) is 0 Å². The highest BCUT2D eigenvalue weighted by Crippen LogP contribution is 2.14. The Hall–Kier alpha value is -0.160. The second-order valence-electron chi connectivity index (χ2n) is 4.12. The molecule has 5 heteroatoms. The van der Waals surface area contributed by atoms with Crippen LogP contribution in [0.5, 0.6) is 0 Å². The summed E-state index contributed by atoms with van der Waals surface area (Å²) >= 11 is 3.38. The van der Waals surface area contributed by atoms with Crippen LogP contribution in [0.25, 0.3) is 0 Å². The molecule has 1 atom stereocenters. The topological polar surface area (TPSA) is 42.1 Å². The maximum atomic E-state index is 5.95. The van der Waals surface area contributed by atoms with Gasteiger partial charge in [-0.3, -0.25) is 4.90 Å². The average Bonchev–Trinajstić information content (AvgIpc) is 2.17. The van der Waals surface area contributed by atoms with E-state index >= 15 is 0 Å². The van der Waals surface area contributed by atoms with E-state index < -0.39 is 0 Å². The van der Waals surface area contributed by atoms with Crippen molar-refractivity contribution < 1.29 is 0 Å². The Morgan fingerprint density at radius 2 is 2.38 bits per heavy atom. The number of hydrogen-bond donors (Lipinski definition) is 1. The van der Waals surface area contributed by atoms with Crippen LogP contribution in [0.1, 0.15) is 18.4 Å². The Morgan fingerprint density at radius 1 is 1.56 bits per heavy atom. The fourth-order valence-corrected chi connectivity index (χ4v) is 2.45. The number of nitrogens with zero attached hydrogens (tertiary/aromatic N) is 2. The van der Waals surface area contributed by atoms with Gasteiger partial charge in [-0.2, -0.15) is 0 Å². The first kappa shape index (κ1) is 13.9. The highest BCUT2D eigenvalue weighted by atomic mass is 79.9. The van der Waals surface area contributed by atoms with Gasteiger partial charge >= 0.3 is 0 Å². The molecule has 1 aliphatic rings. The maximum Gasteiger partial charge on any atom is 0.106 e. The second kappa shape index (κ2) is 6.55. The molecule has 90 valence electrons. The molecule has 0 amide bonds. The molecule has 1 aromatic rings. The lowest BCUT2D eigenvalue weighted by atomic mass is 10.1. The Balaban J connectivity index is 0.00000128. The number of hydrogen-bond acceptors (Lipinski definition) is 3. The Morgan fingerprint density at radius 3 is 3.06 bits per heavy atom. The van der Waals surface area contributed by atoms with Crippen LogP contribution in [-0.4, -0.2) is 29.0 Å². The van der Waals surface area contributed by atoms with Gasteiger partial charge in [-0.05, 0) is 53.0 Å². The van der Waals surface area contributed by atoms with Crippen molar-refractivity contribution in [2.24, 2.45) is 5.73 Å². The molecule has 3 nitrogen and oxygen atoms in total.